The van der Waals surface area contributed by atoms with Crippen LogP contribution in [0, 0.1) is 5.92 Å². The van der Waals surface area contributed by atoms with Crippen molar-refractivity contribution in [2.45, 2.75) is 32.2 Å². The molecule has 25 heavy (non-hydrogen) atoms. The molecule has 1 saturated heterocycles. The summed E-state index contributed by atoms with van der Waals surface area (Å²) in [6.45, 7) is 2.82. The molecule has 0 radical (unpaired) electrons. The summed E-state index contributed by atoms with van der Waals surface area (Å²) >= 11 is 0. The Kier molecular flexibility index (Phi) is 6.01. The second kappa shape index (κ2) is 8.62. The number of carboxylic acid groups (broad SMARTS) is 1. The van der Waals surface area contributed by atoms with Crippen LogP contribution in [0.5, 0.6) is 11.5 Å². The first-order valence-corrected chi connectivity index (χ1v) is 8.80. The molecule has 1 fully saturated rings. The van der Waals surface area contributed by atoms with Gasteiger partial charge in [-0.05, 0) is 49.9 Å². The van der Waals surface area contributed by atoms with Crippen molar-refractivity contribution in [3.8, 4) is 11.5 Å². The zero-order valence-corrected chi connectivity index (χ0v) is 14.3. The predicted octanol–water partition coefficient (Wildman–Crippen LogP) is 3.95. The highest BCUT2D eigenvalue weighted by molar-refractivity contribution is 5.66. The van der Waals surface area contributed by atoms with E-state index in [2.05, 4.69) is 16.0 Å². The molecule has 5 heteroatoms. The molecule has 1 aliphatic heterocycles. The highest BCUT2D eigenvalue weighted by atomic mass is 16.5. The standard InChI is InChI=1S/C20H24N2O3/c23-20(24)10-9-16-5-4-12-22(14-16)15-17-6-1-2-8-19(17)25-18-7-3-11-21-13-18/h1-3,6-8,11,13,16H,4-5,9-10,12,14-15H2,(H,23,24). The van der Waals surface area contributed by atoms with Crippen LogP contribution in [0.4, 0.5) is 0 Å². The van der Waals surface area contributed by atoms with E-state index in [9.17, 15) is 4.79 Å². The zero-order chi connectivity index (χ0) is 17.5. The molecule has 1 aromatic heterocycles. The Balaban J connectivity index is 1.63. The average molecular weight is 340 g/mol. The van der Waals surface area contributed by atoms with Crippen molar-refractivity contribution in [3.63, 3.8) is 0 Å². The Bertz CT molecular complexity index is 690. The highest BCUT2D eigenvalue weighted by Gasteiger charge is 2.21. The third-order valence-corrected chi connectivity index (χ3v) is 4.60. The minimum atomic E-state index is -0.702. The van der Waals surface area contributed by atoms with Gasteiger partial charge in [-0.15, -0.1) is 0 Å². The molecule has 1 unspecified atom stereocenters. The summed E-state index contributed by atoms with van der Waals surface area (Å²) in [6, 6.07) is 11.8. The van der Waals surface area contributed by atoms with E-state index in [0.717, 1.165) is 56.0 Å². The predicted molar refractivity (Wildman–Crippen MR) is 95.6 cm³/mol. The molecule has 2 heterocycles. The lowest BCUT2D eigenvalue weighted by Crippen LogP contribution is -2.35. The minimum absolute atomic E-state index is 0.263. The Morgan fingerprint density at radius 1 is 1.28 bits per heavy atom. The number of aromatic nitrogens is 1. The van der Waals surface area contributed by atoms with E-state index in [1.54, 1.807) is 12.4 Å². The van der Waals surface area contributed by atoms with Crippen LogP contribution in [0.3, 0.4) is 0 Å². The van der Waals surface area contributed by atoms with Crippen molar-refractivity contribution in [1.82, 2.24) is 9.88 Å². The van der Waals surface area contributed by atoms with Crippen molar-refractivity contribution in [2.75, 3.05) is 13.1 Å². The summed E-state index contributed by atoms with van der Waals surface area (Å²) in [5.41, 5.74) is 1.14. The minimum Gasteiger partial charge on any atom is -0.481 e. The van der Waals surface area contributed by atoms with Crippen molar-refractivity contribution in [1.29, 1.82) is 0 Å². The summed E-state index contributed by atoms with van der Waals surface area (Å²) in [4.78, 5) is 17.3. The maximum atomic E-state index is 10.8. The van der Waals surface area contributed by atoms with E-state index in [1.807, 2.05) is 30.3 Å². The largest absolute Gasteiger partial charge is 0.481 e. The Hall–Kier alpha value is -2.40. The smallest absolute Gasteiger partial charge is 0.303 e. The number of ether oxygens (including phenoxy) is 1. The maximum Gasteiger partial charge on any atom is 0.303 e. The van der Waals surface area contributed by atoms with Crippen molar-refractivity contribution >= 4 is 5.97 Å². The van der Waals surface area contributed by atoms with Gasteiger partial charge in [0.05, 0.1) is 6.20 Å². The Morgan fingerprint density at radius 3 is 2.96 bits per heavy atom. The number of carboxylic acids is 1. The molecule has 0 bridgehead atoms. The lowest BCUT2D eigenvalue weighted by Gasteiger charge is -2.33. The van der Waals surface area contributed by atoms with Gasteiger partial charge in [-0.1, -0.05) is 18.2 Å². The van der Waals surface area contributed by atoms with Crippen LogP contribution in [0.15, 0.2) is 48.8 Å². The first-order chi connectivity index (χ1) is 12.2. The zero-order valence-electron chi connectivity index (χ0n) is 14.3. The number of hydrogen-bond donors (Lipinski definition) is 1. The lowest BCUT2D eigenvalue weighted by molar-refractivity contribution is -0.137. The van der Waals surface area contributed by atoms with E-state index in [0.29, 0.717) is 5.92 Å². The van der Waals surface area contributed by atoms with E-state index in [1.165, 1.54) is 0 Å². The second-order valence-electron chi connectivity index (χ2n) is 6.57. The lowest BCUT2D eigenvalue weighted by atomic mass is 9.93. The van der Waals surface area contributed by atoms with Gasteiger partial charge in [-0.25, -0.2) is 0 Å². The average Bonchev–Trinajstić information content (AvgIpc) is 2.63. The first kappa shape index (κ1) is 17.4. The van der Waals surface area contributed by atoms with Crippen molar-refractivity contribution < 1.29 is 14.6 Å². The topological polar surface area (TPSA) is 62.7 Å². The maximum absolute atomic E-state index is 10.8. The number of pyridine rings is 1. The summed E-state index contributed by atoms with van der Waals surface area (Å²) < 4.78 is 5.99. The molecule has 5 nitrogen and oxygen atoms in total. The van der Waals surface area contributed by atoms with E-state index in [-0.39, 0.29) is 6.42 Å². The van der Waals surface area contributed by atoms with Gasteiger partial charge in [0, 0.05) is 31.3 Å². The molecule has 1 aromatic carbocycles. The fourth-order valence-corrected chi connectivity index (χ4v) is 3.37. The van der Waals surface area contributed by atoms with E-state index >= 15 is 0 Å². The summed E-state index contributed by atoms with van der Waals surface area (Å²) in [5, 5.41) is 8.89. The van der Waals surface area contributed by atoms with Gasteiger partial charge < -0.3 is 9.84 Å². The van der Waals surface area contributed by atoms with E-state index < -0.39 is 5.97 Å². The van der Waals surface area contributed by atoms with Crippen LogP contribution in [-0.4, -0.2) is 34.0 Å². The summed E-state index contributed by atoms with van der Waals surface area (Å²) in [7, 11) is 0. The monoisotopic (exact) mass is 340 g/mol. The summed E-state index contributed by atoms with van der Waals surface area (Å²) in [6.07, 6.45) is 6.70. The number of nitrogens with zero attached hydrogens (tertiary/aromatic N) is 2. The quantitative estimate of drug-likeness (QED) is 0.827. The second-order valence-corrected chi connectivity index (χ2v) is 6.57. The van der Waals surface area contributed by atoms with Crippen LogP contribution in [-0.2, 0) is 11.3 Å². The van der Waals surface area contributed by atoms with Crippen LogP contribution in [0.25, 0.3) is 0 Å². The number of rotatable bonds is 7. The molecule has 3 rings (SSSR count). The van der Waals surface area contributed by atoms with Gasteiger partial charge in [0.1, 0.15) is 11.5 Å². The fraction of sp³-hybridized carbons (Fsp3) is 0.400. The van der Waals surface area contributed by atoms with Crippen LogP contribution in [0.2, 0.25) is 0 Å². The Morgan fingerprint density at radius 2 is 2.16 bits per heavy atom. The fourth-order valence-electron chi connectivity index (χ4n) is 3.37. The molecule has 2 aromatic rings. The highest BCUT2D eigenvalue weighted by Crippen LogP contribution is 2.28. The van der Waals surface area contributed by atoms with Crippen molar-refractivity contribution in [2.24, 2.45) is 5.92 Å². The molecule has 1 atom stereocenters. The van der Waals surface area contributed by atoms with Gasteiger partial charge in [0.15, 0.2) is 0 Å². The number of benzene rings is 1. The van der Waals surface area contributed by atoms with Gasteiger partial charge in [-0.3, -0.25) is 14.7 Å². The third-order valence-electron chi connectivity index (χ3n) is 4.60. The summed E-state index contributed by atoms with van der Waals surface area (Å²) in [5.74, 6) is 1.35. The molecule has 0 saturated carbocycles. The number of aliphatic carboxylic acids is 1. The molecule has 0 spiro atoms. The Labute approximate surface area is 148 Å². The van der Waals surface area contributed by atoms with Gasteiger partial charge in [0.25, 0.3) is 0 Å². The third kappa shape index (κ3) is 5.29. The van der Waals surface area contributed by atoms with Crippen LogP contribution in [0.1, 0.15) is 31.2 Å². The number of likely N-dealkylation sites (tertiary alicyclic amines) is 1. The number of hydrogen-bond acceptors (Lipinski definition) is 4. The van der Waals surface area contributed by atoms with Crippen LogP contribution < -0.4 is 4.74 Å². The van der Waals surface area contributed by atoms with Gasteiger partial charge >= 0.3 is 5.97 Å². The molecular weight excluding hydrogens is 316 g/mol. The molecular formula is C20H24N2O3. The normalized spacial score (nSPS) is 18.0. The number of para-hydroxylation sites is 1. The number of piperidine rings is 1. The van der Waals surface area contributed by atoms with Crippen molar-refractivity contribution in [3.05, 3.63) is 54.4 Å². The SMILES string of the molecule is O=C(O)CCC1CCCN(Cc2ccccc2Oc2cccnc2)C1. The molecule has 132 valence electrons. The molecule has 1 aliphatic rings. The molecule has 1 N–H and O–H groups in total. The first-order valence-electron chi connectivity index (χ1n) is 8.80. The van der Waals surface area contributed by atoms with Gasteiger partial charge in [0.2, 0.25) is 0 Å². The number of carbonyl (C=O) groups is 1. The molecule has 0 amide bonds. The van der Waals surface area contributed by atoms with E-state index in [4.69, 9.17) is 9.84 Å². The van der Waals surface area contributed by atoms with Gasteiger partial charge in [-0.2, -0.15) is 0 Å². The van der Waals surface area contributed by atoms with Crippen LogP contribution >= 0.6 is 0 Å². The molecule has 0 aliphatic carbocycles.